The molecule has 12 heteroatoms. The minimum atomic E-state index is -3.86. The van der Waals surface area contributed by atoms with E-state index in [9.17, 15) is 18.0 Å². The molecular weight excluding hydrogens is 609 g/mol. The first-order valence-corrected chi connectivity index (χ1v) is 17.2. The number of amides is 2. The lowest BCUT2D eigenvalue weighted by molar-refractivity contribution is -0.972. The van der Waals surface area contributed by atoms with Crippen LogP contribution in [0, 0.1) is 0 Å². The maximum absolute atomic E-state index is 14.0. The lowest BCUT2D eigenvalue weighted by atomic mass is 9.79. The Kier molecular flexibility index (Phi) is 10.8. The molecule has 236 valence electrons. The molecule has 1 atom stereocenters. The molecule has 0 aromatic heterocycles. The molecule has 4 rings (SSSR count). The Bertz CT molecular complexity index is 1410. The number of piperidine rings is 2. The van der Waals surface area contributed by atoms with Crippen molar-refractivity contribution in [3.8, 4) is 0 Å². The minimum Gasteiger partial charge on any atom is -0.343 e. The van der Waals surface area contributed by atoms with Gasteiger partial charge in [0.05, 0.1) is 34.6 Å². The number of carbonyl (C=O) groups excluding carboxylic acids is 2. The lowest BCUT2D eigenvalue weighted by Crippen LogP contribution is -2.74. The zero-order valence-corrected chi connectivity index (χ0v) is 27.6. The normalized spacial score (nSPS) is 18.9. The highest BCUT2D eigenvalue weighted by molar-refractivity contribution is 7.89. The number of sulfonamides is 1. The fourth-order valence-corrected chi connectivity index (χ4v) is 7.91. The zero-order chi connectivity index (χ0) is 31.4. The van der Waals surface area contributed by atoms with Gasteiger partial charge in [0, 0.05) is 71.5 Å². The fourth-order valence-electron chi connectivity index (χ4n) is 7.08. The second-order valence-electron chi connectivity index (χ2n) is 12.3. The quantitative estimate of drug-likeness (QED) is 0.375. The van der Waals surface area contributed by atoms with Gasteiger partial charge in [0.15, 0.2) is 5.54 Å². The second-order valence-corrected chi connectivity index (χ2v) is 14.6. The van der Waals surface area contributed by atoms with Crippen LogP contribution in [0.25, 0.3) is 0 Å². The summed E-state index contributed by atoms with van der Waals surface area (Å²) in [5, 5.41) is 9.61. The van der Waals surface area contributed by atoms with Crippen molar-refractivity contribution in [2.45, 2.75) is 54.9 Å². The van der Waals surface area contributed by atoms with Gasteiger partial charge in [-0.25, -0.2) is 13.6 Å². The number of quaternary nitrogens is 1. The van der Waals surface area contributed by atoms with E-state index in [4.69, 9.17) is 28.3 Å². The summed E-state index contributed by atoms with van der Waals surface area (Å²) in [7, 11) is 1.61. The number of nitrogens with two attached hydrogens (primary N) is 1. The Balaban J connectivity index is 1.64. The van der Waals surface area contributed by atoms with Crippen LogP contribution < -0.4 is 10.5 Å². The fraction of sp³-hybridized carbons (Fsp3) is 0.548. The van der Waals surface area contributed by atoms with Gasteiger partial charge in [0.2, 0.25) is 10.0 Å². The Labute approximate surface area is 265 Å². The van der Waals surface area contributed by atoms with Gasteiger partial charge in [-0.1, -0.05) is 29.3 Å². The number of likely N-dealkylation sites (tertiary alicyclic amines) is 1. The molecule has 9 nitrogen and oxygen atoms in total. The molecule has 2 aliphatic heterocycles. The monoisotopic (exact) mass is 652 g/mol. The Morgan fingerprint density at radius 1 is 0.977 bits per heavy atom. The average Bonchev–Trinajstić information content (AvgIpc) is 3.00. The van der Waals surface area contributed by atoms with E-state index in [1.54, 1.807) is 22.9 Å². The molecular formula is C31H44Cl2N5O4S+. The van der Waals surface area contributed by atoms with Gasteiger partial charge >= 0.3 is 0 Å². The summed E-state index contributed by atoms with van der Waals surface area (Å²) in [6, 6.07) is 11.3. The first kappa shape index (κ1) is 33.7. The van der Waals surface area contributed by atoms with E-state index >= 15 is 0 Å². The molecule has 0 bridgehead atoms. The molecule has 2 fully saturated rings. The summed E-state index contributed by atoms with van der Waals surface area (Å²) in [4.78, 5) is 30.8. The third-order valence-electron chi connectivity index (χ3n) is 9.41. The summed E-state index contributed by atoms with van der Waals surface area (Å²) in [6.45, 7) is 4.76. The van der Waals surface area contributed by atoms with Crippen molar-refractivity contribution in [2.75, 3.05) is 60.4 Å². The summed E-state index contributed by atoms with van der Waals surface area (Å²) in [5.41, 5.74) is 0.865. The molecule has 1 unspecified atom stereocenters. The van der Waals surface area contributed by atoms with Crippen LogP contribution in [0.2, 0.25) is 10.0 Å². The minimum absolute atomic E-state index is 0.0463. The first-order chi connectivity index (χ1) is 20.3. The number of benzene rings is 2. The maximum atomic E-state index is 14.0. The zero-order valence-electron chi connectivity index (χ0n) is 25.3. The lowest BCUT2D eigenvalue weighted by Gasteiger charge is -2.56. The molecule has 0 spiro atoms. The number of primary sulfonamides is 1. The van der Waals surface area contributed by atoms with Crippen molar-refractivity contribution in [1.82, 2.24) is 15.1 Å². The van der Waals surface area contributed by atoms with Gasteiger partial charge in [-0.05, 0) is 61.2 Å². The number of rotatable bonds is 10. The van der Waals surface area contributed by atoms with E-state index in [0.29, 0.717) is 22.2 Å². The van der Waals surface area contributed by atoms with Crippen LogP contribution in [0.4, 0.5) is 0 Å². The smallest absolute Gasteiger partial charge is 0.283 e. The van der Waals surface area contributed by atoms with Gasteiger partial charge in [-0.3, -0.25) is 9.59 Å². The number of carbonyl (C=O) groups is 2. The van der Waals surface area contributed by atoms with E-state index < -0.39 is 15.6 Å². The van der Waals surface area contributed by atoms with Crippen molar-refractivity contribution >= 4 is 45.0 Å². The van der Waals surface area contributed by atoms with Gasteiger partial charge in [-0.15, -0.1) is 0 Å². The molecule has 0 radical (unpaired) electrons. The van der Waals surface area contributed by atoms with Crippen LogP contribution in [0.15, 0.2) is 47.4 Å². The number of nitrogens with one attached hydrogen (secondary N) is 1. The van der Waals surface area contributed by atoms with Crippen LogP contribution >= 0.6 is 23.2 Å². The number of hydrogen-bond donors (Lipinski definition) is 2. The molecule has 2 aromatic rings. The van der Waals surface area contributed by atoms with Crippen LogP contribution in [0.1, 0.15) is 60.4 Å². The predicted octanol–water partition coefficient (Wildman–Crippen LogP) is 4.10. The van der Waals surface area contributed by atoms with Crippen molar-refractivity contribution in [2.24, 2.45) is 5.14 Å². The maximum Gasteiger partial charge on any atom is 0.283 e. The summed E-state index contributed by atoms with van der Waals surface area (Å²) < 4.78 is 24.1. The van der Waals surface area contributed by atoms with Crippen LogP contribution in [0.5, 0.6) is 0 Å². The number of hydrogen-bond acceptors (Lipinski definition) is 5. The van der Waals surface area contributed by atoms with Crippen LogP contribution in [0.3, 0.4) is 0 Å². The molecule has 2 aromatic carbocycles. The third-order valence-corrected chi connectivity index (χ3v) is 11.1. The summed E-state index contributed by atoms with van der Waals surface area (Å²) in [6.07, 6.45) is 5.68. The molecule has 0 saturated carbocycles. The van der Waals surface area contributed by atoms with E-state index in [2.05, 4.69) is 5.32 Å². The molecule has 2 saturated heterocycles. The number of nitrogens with zero attached hydrogens (tertiary/aromatic N) is 3. The van der Waals surface area contributed by atoms with E-state index in [1.807, 2.05) is 26.2 Å². The van der Waals surface area contributed by atoms with E-state index in [-0.39, 0.29) is 22.6 Å². The molecule has 3 N–H and O–H groups in total. The number of likely N-dealkylation sites (N-methyl/N-ethyl adjacent to an activating group) is 2. The topological polar surface area (TPSA) is 113 Å². The van der Waals surface area contributed by atoms with Crippen molar-refractivity contribution in [3.05, 3.63) is 63.6 Å². The molecule has 43 heavy (non-hydrogen) atoms. The SMILES string of the molecule is CN(C)C(=O)C1([N+]2(CCC(CN(C)C(=O)c3ccc(S(N)(=O)=O)cc3)c3ccc(Cl)c(Cl)c3)CCCCC2)CCNCC1. The standard InChI is InChI=1S/C31H44Cl2N5O4S/c1-36(2)30(40)31(14-16-35-17-15-31)38(18-5-4-6-19-38)20-13-25(24-9-12-27(32)28(33)21-24)22-37(3)29(39)23-7-10-26(11-8-23)43(34,41)42/h7-12,21,25,35H,4-6,13-20,22H2,1-3H3,(H2,34,41,42)/q+1. The Hall–Kier alpha value is -2.21. The highest BCUT2D eigenvalue weighted by Crippen LogP contribution is 2.40. The predicted molar refractivity (Wildman–Crippen MR) is 171 cm³/mol. The largest absolute Gasteiger partial charge is 0.343 e. The van der Waals surface area contributed by atoms with E-state index in [0.717, 1.165) is 74.9 Å². The van der Waals surface area contributed by atoms with E-state index in [1.165, 1.54) is 30.7 Å². The first-order valence-electron chi connectivity index (χ1n) is 14.9. The summed E-state index contributed by atoms with van der Waals surface area (Å²) >= 11 is 12.7. The van der Waals surface area contributed by atoms with Gasteiger partial charge in [0.25, 0.3) is 11.8 Å². The highest BCUT2D eigenvalue weighted by atomic mass is 35.5. The molecule has 2 aliphatic rings. The van der Waals surface area contributed by atoms with Crippen LogP contribution in [-0.4, -0.2) is 100 Å². The summed E-state index contributed by atoms with van der Waals surface area (Å²) in [5.74, 6) is -0.0970. The molecule has 0 aliphatic carbocycles. The van der Waals surface area contributed by atoms with Gasteiger partial charge in [-0.2, -0.15) is 0 Å². The Morgan fingerprint density at radius 3 is 2.16 bits per heavy atom. The van der Waals surface area contributed by atoms with Crippen molar-refractivity contribution in [1.29, 1.82) is 0 Å². The van der Waals surface area contributed by atoms with Gasteiger partial charge < -0.3 is 19.6 Å². The van der Waals surface area contributed by atoms with Crippen molar-refractivity contribution < 1.29 is 22.5 Å². The molecule has 2 heterocycles. The molecule has 2 amide bonds. The second kappa shape index (κ2) is 13.8. The van der Waals surface area contributed by atoms with Crippen molar-refractivity contribution in [3.63, 3.8) is 0 Å². The average molecular weight is 654 g/mol. The van der Waals surface area contributed by atoms with Gasteiger partial charge in [0.1, 0.15) is 0 Å². The highest BCUT2D eigenvalue weighted by Gasteiger charge is 2.57. The Morgan fingerprint density at radius 2 is 1.60 bits per heavy atom. The number of halogens is 2. The van der Waals surface area contributed by atoms with Crippen LogP contribution in [-0.2, 0) is 14.8 Å². The third kappa shape index (κ3) is 7.37.